The lowest BCUT2D eigenvalue weighted by molar-refractivity contribution is -0.167. The Morgan fingerprint density at radius 3 is 0.782 bits per heavy atom. The Morgan fingerprint density at radius 2 is 0.500 bits per heavy atom. The largest absolute Gasteiger partial charge is 0.462 e. The first-order valence-electron chi connectivity index (χ1n) is 33.9. The summed E-state index contributed by atoms with van der Waals surface area (Å²) in [6.07, 6.45) is 86.3. The molecule has 0 fully saturated rings. The number of unbranched alkanes of at least 4 members (excludes halogenated alkanes) is 39. The van der Waals surface area contributed by atoms with Gasteiger partial charge in [-0.3, -0.25) is 14.4 Å². The molecule has 0 aromatic carbocycles. The second kappa shape index (κ2) is 66.4. The van der Waals surface area contributed by atoms with Gasteiger partial charge in [0, 0.05) is 19.3 Å². The molecule has 0 aromatic heterocycles. The van der Waals surface area contributed by atoms with Crippen LogP contribution in [0.4, 0.5) is 0 Å². The normalized spacial score (nSPS) is 12.5. The van der Waals surface area contributed by atoms with Crippen LogP contribution in [0.1, 0.15) is 348 Å². The minimum atomic E-state index is -0.784. The molecular weight excluding hydrogens is 961 g/mol. The summed E-state index contributed by atoms with van der Waals surface area (Å²) in [7, 11) is 0. The Bertz CT molecular complexity index is 1440. The van der Waals surface area contributed by atoms with Crippen LogP contribution >= 0.6 is 0 Å². The second-order valence-electron chi connectivity index (χ2n) is 22.7. The highest BCUT2D eigenvalue weighted by molar-refractivity contribution is 5.71. The second-order valence-corrected chi connectivity index (χ2v) is 22.7. The van der Waals surface area contributed by atoms with Crippen molar-refractivity contribution in [1.82, 2.24) is 0 Å². The lowest BCUT2D eigenvalue weighted by Gasteiger charge is -2.18. The van der Waals surface area contributed by atoms with Crippen LogP contribution in [0.5, 0.6) is 0 Å². The summed E-state index contributed by atoms with van der Waals surface area (Å²) in [5.74, 6) is -0.881. The molecule has 6 heteroatoms. The van der Waals surface area contributed by atoms with E-state index >= 15 is 0 Å². The predicted molar refractivity (Wildman–Crippen MR) is 339 cm³/mol. The molecule has 0 bridgehead atoms. The van der Waals surface area contributed by atoms with Gasteiger partial charge in [-0.2, -0.15) is 0 Å². The smallest absolute Gasteiger partial charge is 0.306 e. The van der Waals surface area contributed by atoms with Crippen LogP contribution in [0.3, 0.4) is 0 Å². The fraction of sp³-hybridized carbons (Fsp3) is 0.792. The zero-order chi connectivity index (χ0) is 56.4. The Balaban J connectivity index is 4.32. The van der Waals surface area contributed by atoms with Gasteiger partial charge in [-0.05, 0) is 89.9 Å². The number of hydrogen-bond donors (Lipinski definition) is 0. The van der Waals surface area contributed by atoms with Gasteiger partial charge in [0.2, 0.25) is 0 Å². The molecule has 0 rings (SSSR count). The Kier molecular flexibility index (Phi) is 63.7. The zero-order valence-corrected chi connectivity index (χ0v) is 51.9. The zero-order valence-electron chi connectivity index (χ0n) is 51.9. The van der Waals surface area contributed by atoms with E-state index in [1.165, 1.54) is 199 Å². The van der Waals surface area contributed by atoms with Crippen LogP contribution in [0.15, 0.2) is 72.9 Å². The Labute approximate surface area is 484 Å². The van der Waals surface area contributed by atoms with Crippen LogP contribution in [0, 0.1) is 0 Å². The molecular formula is C72H128O6. The Morgan fingerprint density at radius 1 is 0.269 bits per heavy atom. The van der Waals surface area contributed by atoms with Crippen molar-refractivity contribution in [1.29, 1.82) is 0 Å². The first-order valence-corrected chi connectivity index (χ1v) is 33.9. The molecule has 0 spiro atoms. The topological polar surface area (TPSA) is 78.9 Å². The maximum Gasteiger partial charge on any atom is 0.306 e. The molecule has 0 aromatic rings. The number of carbonyl (C=O) groups excluding carboxylic acids is 3. The summed E-state index contributed by atoms with van der Waals surface area (Å²) in [5.41, 5.74) is 0. The summed E-state index contributed by atoms with van der Waals surface area (Å²) in [6.45, 7) is 6.55. The molecule has 0 saturated carbocycles. The predicted octanol–water partition coefficient (Wildman–Crippen LogP) is 23.3. The molecule has 0 heterocycles. The van der Waals surface area contributed by atoms with Crippen molar-refractivity contribution in [3.05, 3.63) is 72.9 Å². The first-order chi connectivity index (χ1) is 38.5. The molecule has 0 aliphatic rings. The van der Waals surface area contributed by atoms with Gasteiger partial charge in [0.05, 0.1) is 0 Å². The van der Waals surface area contributed by atoms with Crippen molar-refractivity contribution < 1.29 is 28.6 Å². The van der Waals surface area contributed by atoms with Gasteiger partial charge in [0.25, 0.3) is 0 Å². The van der Waals surface area contributed by atoms with E-state index in [1.54, 1.807) is 0 Å². The molecule has 0 aliphatic carbocycles. The molecule has 0 radical (unpaired) electrons. The number of allylic oxidation sites excluding steroid dienone is 12. The number of hydrogen-bond acceptors (Lipinski definition) is 6. The Hall–Kier alpha value is -3.15. The molecule has 0 N–H and O–H groups in total. The SMILES string of the molecule is CC/C=C\C/C=C\C/C=C\CCCCCCCC(=O)OCC(COC(=O)CCCCCCCCCCCC/C=C\C/C=C\C/C=C\CCCCCCC)OC(=O)CCCCCCCCCCCCCCCCCCCCCC. The minimum Gasteiger partial charge on any atom is -0.462 e. The van der Waals surface area contributed by atoms with Crippen molar-refractivity contribution in [2.75, 3.05) is 13.2 Å². The lowest BCUT2D eigenvalue weighted by Crippen LogP contribution is -2.30. The average Bonchev–Trinajstić information content (AvgIpc) is 3.44. The van der Waals surface area contributed by atoms with Crippen molar-refractivity contribution in [2.45, 2.75) is 354 Å². The molecule has 452 valence electrons. The summed E-state index contributed by atoms with van der Waals surface area (Å²) < 4.78 is 17.0. The molecule has 78 heavy (non-hydrogen) atoms. The van der Waals surface area contributed by atoms with Crippen molar-refractivity contribution in [2.24, 2.45) is 0 Å². The average molecular weight is 1090 g/mol. The van der Waals surface area contributed by atoms with Crippen LogP contribution in [0.25, 0.3) is 0 Å². The maximum atomic E-state index is 12.9. The summed E-state index contributed by atoms with van der Waals surface area (Å²) in [4.78, 5) is 38.4. The molecule has 6 nitrogen and oxygen atoms in total. The van der Waals surface area contributed by atoms with Gasteiger partial charge >= 0.3 is 17.9 Å². The quantitative estimate of drug-likeness (QED) is 0.0261. The molecule has 1 atom stereocenters. The van der Waals surface area contributed by atoms with Crippen LogP contribution in [0.2, 0.25) is 0 Å². The lowest BCUT2D eigenvalue weighted by atomic mass is 10.0. The van der Waals surface area contributed by atoms with Crippen LogP contribution in [-0.2, 0) is 28.6 Å². The molecule has 0 aliphatic heterocycles. The summed E-state index contributed by atoms with van der Waals surface area (Å²) in [6, 6.07) is 0. The number of ether oxygens (including phenoxy) is 3. The molecule has 1 unspecified atom stereocenters. The van der Waals surface area contributed by atoms with E-state index in [1.807, 2.05) is 0 Å². The van der Waals surface area contributed by atoms with E-state index in [0.29, 0.717) is 19.3 Å². The van der Waals surface area contributed by atoms with E-state index in [0.717, 1.165) is 109 Å². The van der Waals surface area contributed by atoms with Crippen molar-refractivity contribution in [3.63, 3.8) is 0 Å². The van der Waals surface area contributed by atoms with Crippen LogP contribution < -0.4 is 0 Å². The van der Waals surface area contributed by atoms with E-state index in [9.17, 15) is 14.4 Å². The highest BCUT2D eigenvalue weighted by atomic mass is 16.6. The molecule has 0 saturated heterocycles. The fourth-order valence-electron chi connectivity index (χ4n) is 9.88. The third-order valence-electron chi connectivity index (χ3n) is 14.9. The third kappa shape index (κ3) is 63.7. The van der Waals surface area contributed by atoms with E-state index < -0.39 is 6.10 Å². The van der Waals surface area contributed by atoms with E-state index in [2.05, 4.69) is 93.7 Å². The van der Waals surface area contributed by atoms with Gasteiger partial charge in [-0.15, -0.1) is 0 Å². The molecule has 0 amide bonds. The standard InChI is InChI=1S/C72H128O6/c1-4-7-10-13-16-19-22-25-28-30-32-34-35-36-37-38-40-41-44-47-50-53-56-59-62-65-71(74)77-68-69(67-76-70(73)64-61-58-55-52-49-46-43-27-24-21-18-15-12-9-6-3)78-72(75)66-63-60-57-54-51-48-45-42-39-33-31-29-26-23-20-17-14-11-8-5-2/h9,12,18,21-22,25,27,30,32,35-36,43,69H,4-8,10-11,13-17,19-20,23-24,26,28-29,31,33-34,37-42,44-68H2,1-3H3/b12-9-,21-18-,25-22-,32-30-,36-35-,43-27-. The number of rotatable bonds is 62. The van der Waals surface area contributed by atoms with E-state index in [4.69, 9.17) is 14.2 Å². The van der Waals surface area contributed by atoms with Crippen molar-refractivity contribution >= 4 is 17.9 Å². The number of carbonyl (C=O) groups is 3. The highest BCUT2D eigenvalue weighted by Gasteiger charge is 2.19. The van der Waals surface area contributed by atoms with Crippen LogP contribution in [-0.4, -0.2) is 37.2 Å². The summed E-state index contributed by atoms with van der Waals surface area (Å²) in [5, 5.41) is 0. The van der Waals surface area contributed by atoms with E-state index in [-0.39, 0.29) is 31.1 Å². The van der Waals surface area contributed by atoms with Crippen molar-refractivity contribution in [3.8, 4) is 0 Å². The van der Waals surface area contributed by atoms with Gasteiger partial charge in [-0.25, -0.2) is 0 Å². The number of esters is 3. The van der Waals surface area contributed by atoms with Gasteiger partial charge in [0.15, 0.2) is 6.10 Å². The third-order valence-corrected chi connectivity index (χ3v) is 14.9. The van der Waals surface area contributed by atoms with Gasteiger partial charge in [-0.1, -0.05) is 312 Å². The highest BCUT2D eigenvalue weighted by Crippen LogP contribution is 2.17. The van der Waals surface area contributed by atoms with Gasteiger partial charge < -0.3 is 14.2 Å². The maximum absolute atomic E-state index is 12.9. The minimum absolute atomic E-state index is 0.0801. The van der Waals surface area contributed by atoms with Gasteiger partial charge in [0.1, 0.15) is 13.2 Å². The monoisotopic (exact) mass is 1090 g/mol. The summed E-state index contributed by atoms with van der Waals surface area (Å²) >= 11 is 0. The fourth-order valence-corrected chi connectivity index (χ4v) is 9.88. The first kappa shape index (κ1) is 74.8.